The summed E-state index contributed by atoms with van der Waals surface area (Å²) in [5, 5.41) is 9.93. The molecule has 21 heavy (non-hydrogen) atoms. The van der Waals surface area contributed by atoms with Gasteiger partial charge in [0.1, 0.15) is 10.9 Å². The normalized spacial score (nSPS) is 16.6. The van der Waals surface area contributed by atoms with Crippen molar-refractivity contribution in [3.05, 3.63) is 52.7 Å². The van der Waals surface area contributed by atoms with E-state index in [2.05, 4.69) is 4.98 Å². The Morgan fingerprint density at radius 3 is 2.67 bits per heavy atom. The summed E-state index contributed by atoms with van der Waals surface area (Å²) in [7, 11) is 0. The van der Waals surface area contributed by atoms with Gasteiger partial charge in [-0.2, -0.15) is 0 Å². The summed E-state index contributed by atoms with van der Waals surface area (Å²) in [6, 6.07) is 10.9. The molecule has 0 amide bonds. The van der Waals surface area contributed by atoms with E-state index >= 15 is 0 Å². The topological polar surface area (TPSA) is 59.4 Å². The summed E-state index contributed by atoms with van der Waals surface area (Å²) in [6.07, 6.45) is 0. The molecule has 0 fully saturated rings. The summed E-state index contributed by atoms with van der Waals surface area (Å²) >= 11 is 5.92. The van der Waals surface area contributed by atoms with Crippen molar-refractivity contribution in [2.75, 3.05) is 0 Å². The second-order valence-electron chi connectivity index (χ2n) is 5.63. The van der Waals surface area contributed by atoms with E-state index in [1.165, 1.54) is 0 Å². The molecule has 1 aliphatic rings. The van der Waals surface area contributed by atoms with Crippen LogP contribution in [0.25, 0.3) is 0 Å². The minimum absolute atomic E-state index is 0.319. The zero-order valence-corrected chi connectivity index (χ0v) is 12.4. The third-order valence-electron chi connectivity index (χ3n) is 3.88. The van der Waals surface area contributed by atoms with Crippen molar-refractivity contribution in [3.63, 3.8) is 0 Å². The summed E-state index contributed by atoms with van der Waals surface area (Å²) in [4.78, 5) is 15.9. The molecule has 108 valence electrons. The van der Waals surface area contributed by atoms with Crippen molar-refractivity contribution >= 4 is 17.6 Å². The number of ether oxygens (including phenoxy) is 1. The fourth-order valence-corrected chi connectivity index (χ4v) is 2.85. The van der Waals surface area contributed by atoms with Crippen molar-refractivity contribution in [2.45, 2.75) is 19.8 Å². The Morgan fingerprint density at radius 2 is 1.95 bits per heavy atom. The molecule has 1 aromatic carbocycles. The molecule has 1 atom stereocenters. The first-order chi connectivity index (χ1) is 9.91. The number of para-hydroxylation sites is 1. The van der Waals surface area contributed by atoms with E-state index in [0.29, 0.717) is 16.8 Å². The largest absolute Gasteiger partial charge is 0.481 e. The van der Waals surface area contributed by atoms with Gasteiger partial charge in [-0.3, -0.25) is 4.79 Å². The third kappa shape index (κ3) is 2.16. The zero-order chi connectivity index (χ0) is 15.2. The van der Waals surface area contributed by atoms with E-state index in [4.69, 9.17) is 16.3 Å². The monoisotopic (exact) mass is 303 g/mol. The van der Waals surface area contributed by atoms with E-state index in [-0.39, 0.29) is 5.92 Å². The van der Waals surface area contributed by atoms with Crippen LogP contribution in [0.15, 0.2) is 36.4 Å². The maximum atomic E-state index is 11.7. The highest BCUT2D eigenvalue weighted by Gasteiger charge is 2.44. The first-order valence-corrected chi connectivity index (χ1v) is 6.95. The number of hydrogen-bond acceptors (Lipinski definition) is 3. The van der Waals surface area contributed by atoms with Crippen molar-refractivity contribution in [1.82, 2.24) is 4.98 Å². The molecule has 1 N–H and O–H groups in total. The van der Waals surface area contributed by atoms with Gasteiger partial charge < -0.3 is 9.84 Å². The highest BCUT2D eigenvalue weighted by atomic mass is 35.5. The molecule has 2 aromatic rings. The molecule has 1 aromatic heterocycles. The number of halogens is 1. The molecule has 1 aliphatic heterocycles. The Balaban J connectivity index is 2.26. The van der Waals surface area contributed by atoms with Gasteiger partial charge in [-0.25, -0.2) is 4.98 Å². The van der Waals surface area contributed by atoms with Gasteiger partial charge in [0.2, 0.25) is 5.88 Å². The fraction of sp³-hybridized carbons (Fsp3) is 0.250. The Morgan fingerprint density at radius 1 is 1.24 bits per heavy atom. The molecule has 0 radical (unpaired) electrons. The molecule has 0 saturated heterocycles. The smallest absolute Gasteiger partial charge is 0.310 e. The van der Waals surface area contributed by atoms with Crippen LogP contribution in [0, 0.1) is 5.41 Å². The van der Waals surface area contributed by atoms with Gasteiger partial charge in [-0.05, 0) is 32.0 Å². The average Bonchev–Trinajstić information content (AvgIpc) is 2.44. The van der Waals surface area contributed by atoms with Crippen LogP contribution in [0.2, 0.25) is 5.15 Å². The number of fused-ring (bicyclic) bond motifs is 2. The van der Waals surface area contributed by atoms with Gasteiger partial charge in [0.25, 0.3) is 0 Å². The van der Waals surface area contributed by atoms with Crippen LogP contribution < -0.4 is 4.74 Å². The highest BCUT2D eigenvalue weighted by Crippen LogP contribution is 2.51. The first kappa shape index (κ1) is 13.9. The summed E-state index contributed by atoms with van der Waals surface area (Å²) in [6.45, 7) is 3.42. The van der Waals surface area contributed by atoms with E-state index in [1.54, 1.807) is 26.0 Å². The van der Waals surface area contributed by atoms with Crippen LogP contribution in [-0.4, -0.2) is 16.1 Å². The number of nitrogens with zero attached hydrogens (tertiary/aromatic N) is 1. The number of carboxylic acids is 1. The molecule has 4 nitrogen and oxygen atoms in total. The number of hydrogen-bond donors (Lipinski definition) is 1. The Hall–Kier alpha value is -2.07. The summed E-state index contributed by atoms with van der Waals surface area (Å²) < 4.78 is 5.77. The zero-order valence-electron chi connectivity index (χ0n) is 11.6. The second-order valence-corrected chi connectivity index (χ2v) is 6.02. The number of benzene rings is 1. The van der Waals surface area contributed by atoms with E-state index in [0.717, 1.165) is 11.1 Å². The van der Waals surface area contributed by atoms with E-state index in [9.17, 15) is 9.90 Å². The molecule has 0 saturated carbocycles. The number of aromatic nitrogens is 1. The molecule has 5 heteroatoms. The lowest BCUT2D eigenvalue weighted by Crippen LogP contribution is -2.33. The fourth-order valence-electron chi connectivity index (χ4n) is 2.71. The molecule has 0 spiro atoms. The van der Waals surface area contributed by atoms with Crippen LogP contribution in [0.3, 0.4) is 0 Å². The number of carboxylic acid groups (broad SMARTS) is 1. The Bertz CT molecular complexity index is 727. The van der Waals surface area contributed by atoms with Gasteiger partial charge in [0.15, 0.2) is 0 Å². The lowest BCUT2D eigenvalue weighted by molar-refractivity contribution is -0.147. The van der Waals surface area contributed by atoms with E-state index in [1.807, 2.05) is 24.3 Å². The lowest BCUT2D eigenvalue weighted by atomic mass is 9.70. The molecule has 1 unspecified atom stereocenters. The molecule has 3 rings (SSSR count). The van der Waals surface area contributed by atoms with Crippen molar-refractivity contribution in [3.8, 4) is 11.6 Å². The molecule has 0 bridgehead atoms. The van der Waals surface area contributed by atoms with Gasteiger partial charge in [-0.15, -0.1) is 0 Å². The van der Waals surface area contributed by atoms with Crippen LogP contribution in [-0.2, 0) is 4.79 Å². The highest BCUT2D eigenvalue weighted by molar-refractivity contribution is 6.29. The van der Waals surface area contributed by atoms with Gasteiger partial charge in [0, 0.05) is 17.0 Å². The van der Waals surface area contributed by atoms with Crippen LogP contribution in [0.1, 0.15) is 30.9 Å². The van der Waals surface area contributed by atoms with Crippen LogP contribution >= 0.6 is 11.6 Å². The Kier molecular flexibility index (Phi) is 3.14. The minimum Gasteiger partial charge on any atom is -0.481 e. The Labute approximate surface area is 127 Å². The third-order valence-corrected chi connectivity index (χ3v) is 4.09. The van der Waals surface area contributed by atoms with Crippen molar-refractivity contribution < 1.29 is 14.6 Å². The molecular weight excluding hydrogens is 290 g/mol. The summed E-state index contributed by atoms with van der Waals surface area (Å²) in [5.41, 5.74) is 0.594. The van der Waals surface area contributed by atoms with Gasteiger partial charge >= 0.3 is 5.97 Å². The first-order valence-electron chi connectivity index (χ1n) is 6.58. The molecule has 2 heterocycles. The average molecular weight is 304 g/mol. The number of pyridine rings is 1. The molecule has 0 aliphatic carbocycles. The van der Waals surface area contributed by atoms with Crippen molar-refractivity contribution in [2.24, 2.45) is 5.41 Å². The predicted molar refractivity (Wildman–Crippen MR) is 79.0 cm³/mol. The maximum Gasteiger partial charge on any atom is 0.310 e. The number of rotatable bonds is 2. The van der Waals surface area contributed by atoms with Crippen LogP contribution in [0.5, 0.6) is 11.6 Å². The van der Waals surface area contributed by atoms with Crippen molar-refractivity contribution in [1.29, 1.82) is 0 Å². The van der Waals surface area contributed by atoms with Crippen LogP contribution in [0.4, 0.5) is 0 Å². The molecular formula is C16H14ClNO3. The summed E-state index contributed by atoms with van der Waals surface area (Å²) in [5.74, 6) is -0.218. The van der Waals surface area contributed by atoms with E-state index < -0.39 is 11.4 Å². The maximum absolute atomic E-state index is 11.7. The number of aliphatic carboxylic acids is 1. The predicted octanol–water partition coefficient (Wildman–Crippen LogP) is 4.08. The van der Waals surface area contributed by atoms with Gasteiger partial charge in [0.05, 0.1) is 5.41 Å². The SMILES string of the molecule is CC(C)(C(=O)O)C1c2ccccc2Oc2nc(Cl)ccc21. The minimum atomic E-state index is -0.996. The lowest BCUT2D eigenvalue weighted by Gasteiger charge is -2.35. The standard InChI is InChI=1S/C16H14ClNO3/c1-16(2,15(19)20)13-9-5-3-4-6-11(9)21-14-10(13)7-8-12(17)18-14/h3-8,13H,1-2H3,(H,19,20). The number of carbonyl (C=O) groups is 1. The van der Waals surface area contributed by atoms with Gasteiger partial charge in [-0.1, -0.05) is 29.8 Å². The quantitative estimate of drug-likeness (QED) is 0.849. The second kappa shape index (κ2) is 4.74.